The maximum atomic E-state index is 15.5. The molecule has 1 aliphatic carbocycles. The van der Waals surface area contributed by atoms with Crippen LogP contribution in [0.5, 0.6) is 5.75 Å². The number of fused-ring (bicyclic) bond motifs is 3. The van der Waals surface area contributed by atoms with Gasteiger partial charge in [0.05, 0.1) is 44.9 Å². The van der Waals surface area contributed by atoms with Gasteiger partial charge in [0.1, 0.15) is 35.6 Å². The van der Waals surface area contributed by atoms with E-state index in [2.05, 4.69) is 52.3 Å². The minimum atomic E-state index is -1.11. The molecule has 1 saturated carbocycles. The number of imide groups is 2. The zero-order valence-corrected chi connectivity index (χ0v) is 34.7. The van der Waals surface area contributed by atoms with Crippen LogP contribution < -0.4 is 25.2 Å². The number of amides is 5. The number of piperazine rings is 1. The number of halogens is 1. The molecule has 4 atom stereocenters. The standard InChI is InChI=1S/C46H46FN9O6/c1-45(2)43(46(3)30-10-13-49-38-26(22-48)4-7-34(37(30)38)62-44(45)46)52-39(58)27-5-8-35(50-23-27)55-14-11-25(12-15-55)24-53-16-18-54(19-17-53)33-21-29-28(20-31(33)47)41(60)56(42(29)61)32-6-9-36(57)51-40(32)59/h4-5,7-8,10,13,20-21,23,25,32,43-44H,6,9,11-12,14-19,24H2,1-3H3,(H,52,58)(H,51,57,59)/t32?,43-,44-,46?/m0/s1. The number of benzene rings is 2. The lowest BCUT2D eigenvalue weighted by Crippen LogP contribution is -2.78. The van der Waals surface area contributed by atoms with Gasteiger partial charge in [0, 0.05) is 75.4 Å². The van der Waals surface area contributed by atoms with Crippen LogP contribution in [-0.2, 0) is 15.0 Å². The predicted octanol–water partition coefficient (Wildman–Crippen LogP) is 3.94. The Morgan fingerprint density at radius 2 is 1.68 bits per heavy atom. The van der Waals surface area contributed by atoms with Crippen molar-refractivity contribution < 1.29 is 33.1 Å². The number of nitrogens with one attached hydrogen (secondary N) is 2. The molecule has 16 heteroatoms. The third-order valence-electron chi connectivity index (χ3n) is 14.3. The summed E-state index contributed by atoms with van der Waals surface area (Å²) < 4.78 is 22.1. The van der Waals surface area contributed by atoms with Crippen molar-refractivity contribution in [1.82, 2.24) is 30.4 Å². The Balaban J connectivity index is 0.726. The molecule has 2 N–H and O–H groups in total. The van der Waals surface area contributed by atoms with Crippen LogP contribution in [0.2, 0.25) is 0 Å². The first-order valence-electron chi connectivity index (χ1n) is 21.3. The Labute approximate surface area is 357 Å². The number of hydrogen-bond donors (Lipinski definition) is 2. The molecule has 2 unspecified atom stereocenters. The summed E-state index contributed by atoms with van der Waals surface area (Å²) in [6.07, 6.45) is 5.18. The third kappa shape index (κ3) is 6.11. The first kappa shape index (κ1) is 39.7. The largest absolute Gasteiger partial charge is 0.488 e. The average Bonchev–Trinajstić information content (AvgIpc) is 3.51. The second kappa shape index (κ2) is 14.6. The minimum Gasteiger partial charge on any atom is -0.488 e. The Hall–Kier alpha value is -6.47. The second-order valence-corrected chi connectivity index (χ2v) is 18.2. The number of carbonyl (C=O) groups is 5. The number of piperidine rings is 2. The van der Waals surface area contributed by atoms with E-state index in [1.54, 1.807) is 18.5 Å². The van der Waals surface area contributed by atoms with Crippen molar-refractivity contribution in [3.63, 3.8) is 0 Å². The third-order valence-corrected chi connectivity index (χ3v) is 14.3. The fourth-order valence-corrected chi connectivity index (χ4v) is 11.2. The lowest BCUT2D eigenvalue weighted by molar-refractivity contribution is -0.136. The number of anilines is 2. The summed E-state index contributed by atoms with van der Waals surface area (Å²) in [5, 5.41) is 16.1. The summed E-state index contributed by atoms with van der Waals surface area (Å²) in [6.45, 7) is 11.4. The highest BCUT2D eigenvalue weighted by molar-refractivity contribution is 6.23. The van der Waals surface area contributed by atoms with Gasteiger partial charge in [-0.25, -0.2) is 9.37 Å². The molecule has 4 aromatic rings. The molecule has 2 aromatic heterocycles. The highest BCUT2D eigenvalue weighted by Crippen LogP contribution is 2.61. The van der Waals surface area contributed by atoms with Crippen LogP contribution in [0, 0.1) is 28.5 Å². The molecule has 5 amide bonds. The van der Waals surface area contributed by atoms with Crippen molar-refractivity contribution in [3.8, 4) is 11.8 Å². The van der Waals surface area contributed by atoms with E-state index in [4.69, 9.17) is 9.72 Å². The fourth-order valence-electron chi connectivity index (χ4n) is 11.2. The first-order valence-corrected chi connectivity index (χ1v) is 21.3. The molecule has 0 bridgehead atoms. The van der Waals surface area contributed by atoms with Crippen molar-refractivity contribution in [2.75, 3.05) is 55.6 Å². The minimum absolute atomic E-state index is 0.0121. The van der Waals surface area contributed by atoms with Crippen LogP contribution in [-0.4, -0.2) is 113 Å². The normalized spacial score (nSPS) is 25.7. The van der Waals surface area contributed by atoms with Gasteiger partial charge in [-0.2, -0.15) is 5.26 Å². The van der Waals surface area contributed by atoms with Gasteiger partial charge in [-0.05, 0) is 80.1 Å². The van der Waals surface area contributed by atoms with Crippen LogP contribution in [0.4, 0.5) is 15.9 Å². The van der Waals surface area contributed by atoms with Crippen molar-refractivity contribution in [2.45, 2.75) is 70.1 Å². The van der Waals surface area contributed by atoms with Gasteiger partial charge >= 0.3 is 0 Å². The summed E-state index contributed by atoms with van der Waals surface area (Å²) in [5.74, 6) is -1.33. The van der Waals surface area contributed by atoms with Gasteiger partial charge in [0.25, 0.3) is 17.7 Å². The van der Waals surface area contributed by atoms with Crippen molar-refractivity contribution >= 4 is 51.9 Å². The van der Waals surface area contributed by atoms with E-state index in [9.17, 15) is 29.2 Å². The Bertz CT molecular complexity index is 2630. The predicted molar refractivity (Wildman–Crippen MR) is 224 cm³/mol. The maximum Gasteiger partial charge on any atom is 0.262 e. The highest BCUT2D eigenvalue weighted by atomic mass is 19.1. The summed E-state index contributed by atoms with van der Waals surface area (Å²) in [5.41, 5.74) is 1.91. The van der Waals surface area contributed by atoms with E-state index in [1.165, 1.54) is 6.07 Å². The molecule has 6 aliphatic rings. The molecule has 62 heavy (non-hydrogen) atoms. The average molecular weight is 840 g/mol. The topological polar surface area (TPSA) is 181 Å². The van der Waals surface area contributed by atoms with E-state index >= 15 is 4.39 Å². The number of aromatic nitrogens is 2. The van der Waals surface area contributed by atoms with E-state index in [-0.39, 0.29) is 53.1 Å². The molecular weight excluding hydrogens is 794 g/mol. The van der Waals surface area contributed by atoms with Crippen molar-refractivity contribution in [2.24, 2.45) is 11.3 Å². The van der Waals surface area contributed by atoms with E-state index in [0.29, 0.717) is 54.5 Å². The highest BCUT2D eigenvalue weighted by Gasteiger charge is 2.69. The van der Waals surface area contributed by atoms with Gasteiger partial charge in [-0.15, -0.1) is 0 Å². The summed E-state index contributed by atoms with van der Waals surface area (Å²) >= 11 is 0. The monoisotopic (exact) mass is 839 g/mol. The molecule has 15 nitrogen and oxygen atoms in total. The quantitative estimate of drug-likeness (QED) is 0.257. The molecule has 318 valence electrons. The number of nitrogens with zero attached hydrogens (tertiary/aromatic N) is 7. The van der Waals surface area contributed by atoms with E-state index in [0.717, 1.165) is 60.2 Å². The van der Waals surface area contributed by atoms with Crippen LogP contribution in [0.3, 0.4) is 0 Å². The molecule has 7 heterocycles. The molecule has 0 radical (unpaired) electrons. The number of ether oxygens (including phenoxy) is 1. The smallest absolute Gasteiger partial charge is 0.262 e. The van der Waals surface area contributed by atoms with Crippen LogP contribution >= 0.6 is 0 Å². The maximum absolute atomic E-state index is 15.5. The number of pyridine rings is 2. The van der Waals surface area contributed by atoms with Gasteiger partial charge in [0.15, 0.2) is 0 Å². The fraction of sp³-hybridized carbons (Fsp3) is 0.435. The lowest BCUT2D eigenvalue weighted by atomic mass is 9.45. The molecule has 0 spiro atoms. The SMILES string of the molecule is CC1(C)[C@H](NC(=O)c2ccc(N3CCC(CN4CCN(c5cc6c(cc5F)C(=O)N(C5CCC(=O)NC5=O)C6=O)CC4)CC3)nc2)C2(C)c3ccnc4c(C#N)ccc(c34)O[C@@H]12. The zero-order valence-electron chi connectivity index (χ0n) is 34.7. The molecule has 4 fully saturated rings. The van der Waals surface area contributed by atoms with Crippen LogP contribution in [0.15, 0.2) is 54.9 Å². The van der Waals surface area contributed by atoms with Gasteiger partial charge in [-0.3, -0.25) is 44.1 Å². The number of nitriles is 1. The molecule has 3 saturated heterocycles. The lowest BCUT2D eigenvalue weighted by Gasteiger charge is -2.66. The van der Waals surface area contributed by atoms with E-state index in [1.807, 2.05) is 29.2 Å². The Morgan fingerprint density at radius 1 is 0.935 bits per heavy atom. The summed E-state index contributed by atoms with van der Waals surface area (Å²) in [7, 11) is 0. The number of hydrogen-bond acceptors (Lipinski definition) is 12. The van der Waals surface area contributed by atoms with Crippen LogP contribution in [0.25, 0.3) is 10.9 Å². The summed E-state index contributed by atoms with van der Waals surface area (Å²) in [4.78, 5) is 81.0. The van der Waals surface area contributed by atoms with Crippen molar-refractivity contribution in [3.05, 3.63) is 88.5 Å². The molecule has 5 aliphatic heterocycles. The van der Waals surface area contributed by atoms with Gasteiger partial charge < -0.3 is 19.9 Å². The molecule has 2 aromatic carbocycles. The zero-order chi connectivity index (χ0) is 43.2. The Morgan fingerprint density at radius 3 is 2.37 bits per heavy atom. The Kier molecular flexibility index (Phi) is 9.32. The van der Waals surface area contributed by atoms with Gasteiger partial charge in [0.2, 0.25) is 11.8 Å². The van der Waals surface area contributed by atoms with Crippen LogP contribution in [0.1, 0.15) is 88.7 Å². The van der Waals surface area contributed by atoms with Gasteiger partial charge in [-0.1, -0.05) is 13.8 Å². The number of rotatable bonds is 7. The molecule has 10 rings (SSSR count). The summed E-state index contributed by atoms with van der Waals surface area (Å²) in [6, 6.07) is 12.7. The van der Waals surface area contributed by atoms with Crippen molar-refractivity contribution in [1.29, 1.82) is 5.26 Å². The molecular formula is C46H46FN9O6. The van der Waals surface area contributed by atoms with E-state index < -0.39 is 40.9 Å². The first-order chi connectivity index (χ1) is 29.8. The number of carbonyl (C=O) groups excluding carboxylic acids is 5. The second-order valence-electron chi connectivity index (χ2n) is 18.2.